The van der Waals surface area contributed by atoms with Gasteiger partial charge in [0.05, 0.1) is 12.5 Å². The first-order chi connectivity index (χ1) is 8.26. The quantitative estimate of drug-likeness (QED) is 0.717. The third-order valence-electron chi connectivity index (χ3n) is 3.24. The summed E-state index contributed by atoms with van der Waals surface area (Å²) in [5, 5.41) is 3.52. The molecule has 0 aliphatic rings. The number of hydrogen-bond donors (Lipinski definition) is 1. The van der Waals surface area contributed by atoms with Gasteiger partial charge in [0, 0.05) is 18.2 Å². The molecule has 0 fully saturated rings. The van der Waals surface area contributed by atoms with Crippen LogP contribution in [0.15, 0.2) is 23.0 Å². The Labute approximate surface area is 105 Å². The molecule has 0 saturated carbocycles. The zero-order chi connectivity index (χ0) is 12.5. The molecule has 0 aliphatic carbocycles. The van der Waals surface area contributed by atoms with Gasteiger partial charge in [0.1, 0.15) is 0 Å². The van der Waals surface area contributed by atoms with E-state index >= 15 is 0 Å². The van der Waals surface area contributed by atoms with Crippen molar-refractivity contribution < 1.29 is 4.42 Å². The summed E-state index contributed by atoms with van der Waals surface area (Å²) in [5.74, 6) is 0. The maximum atomic E-state index is 5.04. The fourth-order valence-corrected chi connectivity index (χ4v) is 1.95. The highest BCUT2D eigenvalue weighted by molar-refractivity contribution is 5.04. The van der Waals surface area contributed by atoms with Gasteiger partial charge in [-0.15, -0.1) is 0 Å². The highest BCUT2D eigenvalue weighted by Crippen LogP contribution is 2.03. The van der Waals surface area contributed by atoms with E-state index in [1.54, 1.807) is 12.5 Å². The monoisotopic (exact) mass is 238 g/mol. The van der Waals surface area contributed by atoms with Crippen LogP contribution in [0.3, 0.4) is 0 Å². The van der Waals surface area contributed by atoms with Crippen LogP contribution in [0.2, 0.25) is 0 Å². The highest BCUT2D eigenvalue weighted by atomic mass is 16.3. The molecule has 0 bridgehead atoms. The summed E-state index contributed by atoms with van der Waals surface area (Å²) in [4.78, 5) is 2.47. The molecule has 1 heterocycles. The van der Waals surface area contributed by atoms with Gasteiger partial charge >= 0.3 is 0 Å². The molecule has 0 amide bonds. The van der Waals surface area contributed by atoms with Crippen LogP contribution >= 0.6 is 0 Å². The second-order valence-corrected chi connectivity index (χ2v) is 4.58. The van der Waals surface area contributed by atoms with Crippen LogP contribution in [-0.4, -0.2) is 30.6 Å². The van der Waals surface area contributed by atoms with Crippen LogP contribution in [-0.2, 0) is 6.54 Å². The lowest BCUT2D eigenvalue weighted by molar-refractivity contribution is 0.290. The fraction of sp³-hybridized carbons (Fsp3) is 0.714. The zero-order valence-electron chi connectivity index (χ0n) is 11.4. The second kappa shape index (κ2) is 8.31. The molecule has 0 saturated heterocycles. The van der Waals surface area contributed by atoms with Gasteiger partial charge in [-0.25, -0.2) is 0 Å². The fourth-order valence-electron chi connectivity index (χ4n) is 1.95. The van der Waals surface area contributed by atoms with Crippen molar-refractivity contribution in [3.05, 3.63) is 24.2 Å². The van der Waals surface area contributed by atoms with Crippen molar-refractivity contribution in [3.8, 4) is 0 Å². The maximum Gasteiger partial charge on any atom is 0.0947 e. The first-order valence-electron chi connectivity index (χ1n) is 6.73. The van der Waals surface area contributed by atoms with Gasteiger partial charge in [0.2, 0.25) is 0 Å². The average Bonchev–Trinajstić information content (AvgIpc) is 2.85. The van der Waals surface area contributed by atoms with Crippen molar-refractivity contribution in [1.29, 1.82) is 0 Å². The molecule has 0 spiro atoms. The largest absolute Gasteiger partial charge is 0.472 e. The van der Waals surface area contributed by atoms with Gasteiger partial charge in [-0.1, -0.05) is 13.8 Å². The molecule has 3 nitrogen and oxygen atoms in total. The summed E-state index contributed by atoms with van der Waals surface area (Å²) in [5.41, 5.74) is 1.22. The Hall–Kier alpha value is -0.800. The molecule has 1 atom stereocenters. The molecule has 1 N–H and O–H groups in total. The highest BCUT2D eigenvalue weighted by Gasteiger charge is 2.04. The van der Waals surface area contributed by atoms with E-state index < -0.39 is 0 Å². The topological polar surface area (TPSA) is 28.4 Å². The second-order valence-electron chi connectivity index (χ2n) is 4.58. The third-order valence-corrected chi connectivity index (χ3v) is 3.24. The molecule has 1 unspecified atom stereocenters. The van der Waals surface area contributed by atoms with Crippen LogP contribution in [0.25, 0.3) is 0 Å². The number of furan rings is 1. The minimum absolute atomic E-state index is 0.570. The molecule has 17 heavy (non-hydrogen) atoms. The molecular weight excluding hydrogens is 212 g/mol. The molecule has 1 aromatic heterocycles. The Morgan fingerprint density at radius 1 is 1.35 bits per heavy atom. The first kappa shape index (κ1) is 14.3. The molecule has 0 aromatic carbocycles. The minimum atomic E-state index is 0.570. The Balaban J connectivity index is 2.06. The Morgan fingerprint density at radius 3 is 2.71 bits per heavy atom. The van der Waals surface area contributed by atoms with Crippen LogP contribution < -0.4 is 5.32 Å². The van der Waals surface area contributed by atoms with Crippen molar-refractivity contribution in [2.45, 2.75) is 46.2 Å². The molecule has 98 valence electrons. The van der Waals surface area contributed by atoms with Crippen molar-refractivity contribution in [1.82, 2.24) is 10.2 Å². The Morgan fingerprint density at radius 2 is 2.12 bits per heavy atom. The van der Waals surface area contributed by atoms with Crippen molar-refractivity contribution in [2.24, 2.45) is 0 Å². The lowest BCUT2D eigenvalue weighted by Gasteiger charge is -2.19. The summed E-state index contributed by atoms with van der Waals surface area (Å²) < 4.78 is 5.04. The molecule has 3 heteroatoms. The van der Waals surface area contributed by atoms with Crippen LogP contribution in [0.1, 0.15) is 39.2 Å². The van der Waals surface area contributed by atoms with E-state index in [-0.39, 0.29) is 0 Å². The number of nitrogens with one attached hydrogen (secondary N) is 1. The predicted octanol–water partition coefficient (Wildman–Crippen LogP) is 2.88. The molecule has 1 rings (SSSR count). The van der Waals surface area contributed by atoms with E-state index in [1.165, 1.54) is 24.9 Å². The minimum Gasteiger partial charge on any atom is -0.472 e. The lowest BCUT2D eigenvalue weighted by Crippen LogP contribution is -2.28. The predicted molar refractivity (Wildman–Crippen MR) is 72.0 cm³/mol. The van der Waals surface area contributed by atoms with Gasteiger partial charge in [-0.3, -0.25) is 0 Å². The van der Waals surface area contributed by atoms with E-state index in [4.69, 9.17) is 4.42 Å². The molecule has 0 radical (unpaired) electrons. The van der Waals surface area contributed by atoms with E-state index in [9.17, 15) is 0 Å². The molecule has 1 aromatic rings. The van der Waals surface area contributed by atoms with Gasteiger partial charge < -0.3 is 14.6 Å². The van der Waals surface area contributed by atoms with E-state index in [2.05, 4.69) is 31.0 Å². The number of hydrogen-bond acceptors (Lipinski definition) is 3. The van der Waals surface area contributed by atoms with Gasteiger partial charge in [0.15, 0.2) is 0 Å². The third kappa shape index (κ3) is 5.89. The van der Waals surface area contributed by atoms with E-state index in [0.29, 0.717) is 6.04 Å². The summed E-state index contributed by atoms with van der Waals surface area (Å²) in [6.45, 7) is 11.1. The summed E-state index contributed by atoms with van der Waals surface area (Å²) in [7, 11) is 0. The standard InChI is InChI=1S/C14H26N2O/c1-4-16(5-2)9-6-7-13(3)15-11-14-8-10-17-12-14/h8,10,12-13,15H,4-7,9,11H2,1-3H3. The average molecular weight is 238 g/mol. The van der Waals surface area contributed by atoms with Gasteiger partial charge in [-0.2, -0.15) is 0 Å². The van der Waals surface area contributed by atoms with Crippen LogP contribution in [0.4, 0.5) is 0 Å². The first-order valence-corrected chi connectivity index (χ1v) is 6.73. The van der Waals surface area contributed by atoms with Gasteiger partial charge in [0.25, 0.3) is 0 Å². The van der Waals surface area contributed by atoms with E-state index in [1.807, 2.05) is 6.07 Å². The number of nitrogens with zero attached hydrogens (tertiary/aromatic N) is 1. The van der Waals surface area contributed by atoms with Crippen molar-refractivity contribution >= 4 is 0 Å². The summed E-state index contributed by atoms with van der Waals surface area (Å²) in [6, 6.07) is 2.58. The van der Waals surface area contributed by atoms with Crippen molar-refractivity contribution in [3.63, 3.8) is 0 Å². The smallest absolute Gasteiger partial charge is 0.0947 e. The van der Waals surface area contributed by atoms with E-state index in [0.717, 1.165) is 19.6 Å². The maximum absolute atomic E-state index is 5.04. The number of rotatable bonds is 9. The molecule has 0 aliphatic heterocycles. The summed E-state index contributed by atoms with van der Waals surface area (Å²) >= 11 is 0. The van der Waals surface area contributed by atoms with Crippen LogP contribution in [0, 0.1) is 0 Å². The van der Waals surface area contributed by atoms with Crippen LogP contribution in [0.5, 0.6) is 0 Å². The SMILES string of the molecule is CCN(CC)CCCC(C)NCc1ccoc1. The lowest BCUT2D eigenvalue weighted by atomic mass is 10.1. The Bertz CT molecular complexity index is 268. The Kier molecular flexibility index (Phi) is 6.97. The van der Waals surface area contributed by atoms with Gasteiger partial charge in [-0.05, 0) is 45.5 Å². The molecular formula is C14H26N2O. The zero-order valence-corrected chi connectivity index (χ0v) is 11.4. The summed E-state index contributed by atoms with van der Waals surface area (Å²) in [6.07, 6.45) is 6.02. The normalized spacial score (nSPS) is 13.2. The van der Waals surface area contributed by atoms with Crippen molar-refractivity contribution in [2.75, 3.05) is 19.6 Å².